The molecule has 25 heavy (non-hydrogen) atoms. The fraction of sp³-hybridized carbons (Fsp3) is 0.529. The van der Waals surface area contributed by atoms with Gasteiger partial charge in [0.2, 0.25) is 0 Å². The van der Waals surface area contributed by atoms with Crippen LogP contribution in [0, 0.1) is 5.92 Å². The molecule has 2 atom stereocenters. The highest BCUT2D eigenvalue weighted by Gasteiger charge is 2.40. The summed E-state index contributed by atoms with van der Waals surface area (Å²) >= 11 is 1.33. The van der Waals surface area contributed by atoms with Crippen molar-refractivity contribution >= 4 is 37.2 Å². The Kier molecular flexibility index (Phi) is 4.09. The predicted molar refractivity (Wildman–Crippen MR) is 97.7 cm³/mol. The zero-order valence-corrected chi connectivity index (χ0v) is 15.9. The smallest absolute Gasteiger partial charge is 0.270 e. The molecule has 3 saturated heterocycles. The molecule has 2 aromatic rings. The molecule has 8 heteroatoms. The number of amides is 1. The highest BCUT2D eigenvalue weighted by molar-refractivity contribution is 7.91. The van der Waals surface area contributed by atoms with Gasteiger partial charge in [0.1, 0.15) is 5.69 Å². The number of carbonyl (C=O) groups is 1. The lowest BCUT2D eigenvalue weighted by Crippen LogP contribution is -2.62. The van der Waals surface area contributed by atoms with E-state index in [0.717, 1.165) is 30.6 Å². The van der Waals surface area contributed by atoms with Crippen LogP contribution in [0.1, 0.15) is 30.3 Å². The molecule has 134 valence electrons. The summed E-state index contributed by atoms with van der Waals surface area (Å²) in [4.78, 5) is 19.7. The average molecular weight is 380 g/mol. The molecule has 0 saturated carbocycles. The van der Waals surface area contributed by atoms with Crippen molar-refractivity contribution in [3.8, 4) is 0 Å². The number of hydrogen-bond donors (Lipinski definition) is 1. The standard InChI is InChI=1S/C17H21N3O3S2/c1-10-16(11-3-5-20(10)6-4-11)19-17(21)13-7-12-14(8-18-13)24-9-15(12)25(2,22)23/h7-11,16H,3-6H2,1-2H3,(H,19,21)/t10-,16-/m0/s1. The summed E-state index contributed by atoms with van der Waals surface area (Å²) in [5.74, 6) is 0.290. The SMILES string of the molecule is C[C@H]1[C@H](NC(=O)c2cc3c(S(C)(=O)=O)csc3cn2)C2CCN1CC2. The molecular weight excluding hydrogens is 358 g/mol. The van der Waals surface area contributed by atoms with E-state index in [1.54, 1.807) is 17.6 Å². The van der Waals surface area contributed by atoms with Crippen molar-refractivity contribution in [2.45, 2.75) is 36.7 Å². The maximum Gasteiger partial charge on any atom is 0.270 e. The van der Waals surface area contributed by atoms with Crippen LogP contribution in [-0.4, -0.2) is 55.6 Å². The van der Waals surface area contributed by atoms with Crippen LogP contribution in [0.2, 0.25) is 0 Å². The number of rotatable bonds is 3. The van der Waals surface area contributed by atoms with Gasteiger partial charge in [-0.15, -0.1) is 11.3 Å². The van der Waals surface area contributed by atoms with Crippen molar-refractivity contribution in [1.82, 2.24) is 15.2 Å². The summed E-state index contributed by atoms with van der Waals surface area (Å²) in [6.07, 6.45) is 5.00. The number of thiophene rings is 1. The molecular formula is C17H21N3O3S2. The van der Waals surface area contributed by atoms with Gasteiger partial charge in [-0.25, -0.2) is 13.4 Å². The molecule has 5 heterocycles. The maximum absolute atomic E-state index is 12.7. The molecule has 3 aliphatic rings. The zero-order chi connectivity index (χ0) is 17.8. The normalized spacial score (nSPS) is 29.0. The minimum Gasteiger partial charge on any atom is -0.346 e. The number of pyridine rings is 1. The molecule has 1 amide bonds. The Morgan fingerprint density at radius 1 is 1.36 bits per heavy atom. The van der Waals surface area contributed by atoms with Crippen LogP contribution in [0.4, 0.5) is 0 Å². The Morgan fingerprint density at radius 2 is 2.08 bits per heavy atom. The van der Waals surface area contributed by atoms with E-state index in [0.29, 0.717) is 17.3 Å². The molecule has 0 aliphatic carbocycles. The van der Waals surface area contributed by atoms with Gasteiger partial charge in [-0.2, -0.15) is 0 Å². The number of sulfone groups is 1. The van der Waals surface area contributed by atoms with Crippen molar-refractivity contribution in [2.75, 3.05) is 19.3 Å². The summed E-state index contributed by atoms with van der Waals surface area (Å²) in [6, 6.07) is 2.06. The van der Waals surface area contributed by atoms with E-state index in [4.69, 9.17) is 0 Å². The van der Waals surface area contributed by atoms with Crippen molar-refractivity contribution in [3.05, 3.63) is 23.3 Å². The number of carbonyl (C=O) groups excluding carboxylic acids is 1. The minimum atomic E-state index is -3.33. The second-order valence-corrected chi connectivity index (χ2v) is 9.95. The highest BCUT2D eigenvalue weighted by Crippen LogP contribution is 2.33. The second-order valence-electron chi connectivity index (χ2n) is 7.05. The first-order chi connectivity index (χ1) is 11.8. The fourth-order valence-corrected chi connectivity index (χ4v) is 6.34. The van der Waals surface area contributed by atoms with E-state index in [2.05, 4.69) is 22.1 Å². The lowest BCUT2D eigenvalue weighted by atomic mass is 9.79. The molecule has 0 radical (unpaired) electrons. The van der Waals surface area contributed by atoms with Gasteiger partial charge < -0.3 is 5.32 Å². The minimum absolute atomic E-state index is 0.129. The molecule has 0 unspecified atom stereocenters. The van der Waals surface area contributed by atoms with E-state index >= 15 is 0 Å². The van der Waals surface area contributed by atoms with Gasteiger partial charge >= 0.3 is 0 Å². The van der Waals surface area contributed by atoms with E-state index < -0.39 is 9.84 Å². The second kappa shape index (κ2) is 6.03. The molecule has 2 bridgehead atoms. The first-order valence-electron chi connectivity index (χ1n) is 8.47. The van der Waals surface area contributed by atoms with E-state index in [1.165, 1.54) is 17.6 Å². The summed E-state index contributed by atoms with van der Waals surface area (Å²) in [5.41, 5.74) is 0.277. The Balaban J connectivity index is 1.62. The molecule has 5 rings (SSSR count). The van der Waals surface area contributed by atoms with Crippen molar-refractivity contribution in [3.63, 3.8) is 0 Å². The molecule has 0 spiro atoms. The maximum atomic E-state index is 12.7. The van der Waals surface area contributed by atoms with E-state index in [9.17, 15) is 13.2 Å². The molecule has 1 N–H and O–H groups in total. The van der Waals surface area contributed by atoms with Gasteiger partial charge in [-0.05, 0) is 44.8 Å². The molecule has 2 aromatic heterocycles. The number of aromatic nitrogens is 1. The average Bonchev–Trinajstić information content (AvgIpc) is 3.01. The van der Waals surface area contributed by atoms with Crippen molar-refractivity contribution in [2.24, 2.45) is 5.92 Å². The summed E-state index contributed by atoms with van der Waals surface area (Å²) in [6.45, 7) is 4.37. The Morgan fingerprint density at radius 3 is 2.72 bits per heavy atom. The number of piperidine rings is 3. The van der Waals surface area contributed by atoms with Crippen LogP contribution in [0.15, 0.2) is 22.5 Å². The molecule has 0 aromatic carbocycles. The van der Waals surface area contributed by atoms with Crippen LogP contribution < -0.4 is 5.32 Å². The van der Waals surface area contributed by atoms with Gasteiger partial charge in [0.15, 0.2) is 9.84 Å². The number of hydrogen-bond acceptors (Lipinski definition) is 6. The number of fused-ring (bicyclic) bond motifs is 4. The Hall–Kier alpha value is -1.51. The Labute approximate surface area is 151 Å². The highest BCUT2D eigenvalue weighted by atomic mass is 32.2. The quantitative estimate of drug-likeness (QED) is 0.881. The van der Waals surface area contributed by atoms with E-state index in [1.807, 2.05) is 0 Å². The first kappa shape index (κ1) is 16.9. The van der Waals surface area contributed by atoms with Crippen LogP contribution in [0.5, 0.6) is 0 Å². The lowest BCUT2D eigenvalue weighted by Gasteiger charge is -2.49. The van der Waals surface area contributed by atoms with Crippen LogP contribution in [0.3, 0.4) is 0 Å². The molecule has 3 aliphatic heterocycles. The van der Waals surface area contributed by atoms with Gasteiger partial charge in [-0.1, -0.05) is 0 Å². The van der Waals surface area contributed by atoms with Gasteiger partial charge in [0.05, 0.1) is 9.60 Å². The van der Waals surface area contributed by atoms with Crippen LogP contribution >= 0.6 is 11.3 Å². The van der Waals surface area contributed by atoms with Gasteiger partial charge in [0, 0.05) is 35.3 Å². The summed E-state index contributed by atoms with van der Waals surface area (Å²) in [7, 11) is -3.33. The van der Waals surface area contributed by atoms with Gasteiger partial charge in [0.25, 0.3) is 5.91 Å². The fourth-order valence-electron chi connectivity index (χ4n) is 4.09. The monoisotopic (exact) mass is 379 g/mol. The third-order valence-electron chi connectivity index (χ3n) is 5.53. The third kappa shape index (κ3) is 2.96. The zero-order valence-electron chi connectivity index (χ0n) is 14.2. The summed E-state index contributed by atoms with van der Waals surface area (Å²) < 4.78 is 24.6. The third-order valence-corrected chi connectivity index (χ3v) is 7.75. The first-order valence-corrected chi connectivity index (χ1v) is 11.2. The van der Waals surface area contributed by atoms with Crippen molar-refractivity contribution < 1.29 is 13.2 Å². The molecule has 3 fully saturated rings. The predicted octanol–water partition coefficient (Wildman–Crippen LogP) is 1.91. The topological polar surface area (TPSA) is 79.4 Å². The van der Waals surface area contributed by atoms with Gasteiger partial charge in [-0.3, -0.25) is 9.69 Å². The summed E-state index contributed by atoms with van der Waals surface area (Å²) in [5, 5.41) is 5.33. The van der Waals surface area contributed by atoms with Crippen LogP contribution in [-0.2, 0) is 9.84 Å². The molecule has 6 nitrogen and oxygen atoms in total. The van der Waals surface area contributed by atoms with Crippen molar-refractivity contribution in [1.29, 1.82) is 0 Å². The lowest BCUT2D eigenvalue weighted by molar-refractivity contribution is 0.0216. The number of nitrogens with zero attached hydrogens (tertiary/aromatic N) is 2. The number of nitrogens with one attached hydrogen (secondary N) is 1. The Bertz CT molecular complexity index is 928. The largest absolute Gasteiger partial charge is 0.346 e. The van der Waals surface area contributed by atoms with E-state index in [-0.39, 0.29) is 22.5 Å². The van der Waals surface area contributed by atoms with Crippen LogP contribution in [0.25, 0.3) is 10.1 Å².